The zero-order chi connectivity index (χ0) is 16.4. The molecule has 0 radical (unpaired) electrons. The van der Waals surface area contributed by atoms with E-state index in [1.807, 2.05) is 0 Å². The molecule has 5 nitrogen and oxygen atoms in total. The molecule has 0 aromatic carbocycles. The second kappa shape index (κ2) is 7.79. The molecule has 0 bridgehead atoms. The number of hydrogen-bond acceptors (Lipinski definition) is 5. The molecule has 134 valence electrons. The van der Waals surface area contributed by atoms with E-state index >= 15 is 0 Å². The lowest BCUT2D eigenvalue weighted by Gasteiger charge is -2.45. The maximum atomic E-state index is 6.51. The topological polar surface area (TPSA) is 53.8 Å². The van der Waals surface area contributed by atoms with Crippen LogP contribution in [-0.4, -0.2) is 74.0 Å². The molecule has 0 aromatic heterocycles. The van der Waals surface area contributed by atoms with Crippen molar-refractivity contribution in [2.24, 2.45) is 17.6 Å². The third-order valence-electron chi connectivity index (χ3n) is 6.35. The van der Waals surface area contributed by atoms with Crippen LogP contribution in [0, 0.1) is 11.8 Å². The number of likely N-dealkylation sites (N-methyl/N-ethyl adjacent to an activating group) is 2. The molecule has 0 amide bonds. The summed E-state index contributed by atoms with van der Waals surface area (Å²) in [7, 11) is 2.18. The molecule has 3 fully saturated rings. The summed E-state index contributed by atoms with van der Waals surface area (Å²) >= 11 is 0. The van der Waals surface area contributed by atoms with Gasteiger partial charge in [-0.2, -0.15) is 0 Å². The highest BCUT2D eigenvalue weighted by atomic mass is 16.5. The smallest absolute Gasteiger partial charge is 0.108 e. The van der Waals surface area contributed by atoms with Gasteiger partial charge in [-0.15, -0.1) is 0 Å². The van der Waals surface area contributed by atoms with Crippen LogP contribution in [-0.2, 0) is 4.74 Å². The Morgan fingerprint density at radius 2 is 1.91 bits per heavy atom. The molecular weight excluding hydrogens is 288 g/mol. The van der Waals surface area contributed by atoms with Crippen molar-refractivity contribution in [2.45, 2.75) is 63.9 Å². The third-order valence-corrected chi connectivity index (χ3v) is 6.35. The summed E-state index contributed by atoms with van der Waals surface area (Å²) in [5, 5.41) is 3.74. The van der Waals surface area contributed by atoms with Crippen LogP contribution in [0.1, 0.15) is 39.5 Å². The zero-order valence-electron chi connectivity index (χ0n) is 15.2. The van der Waals surface area contributed by atoms with E-state index in [1.54, 1.807) is 0 Å². The maximum absolute atomic E-state index is 6.51. The summed E-state index contributed by atoms with van der Waals surface area (Å²) in [5.41, 5.74) is 6.51. The fraction of sp³-hybridized carbons (Fsp3) is 1.00. The van der Waals surface area contributed by atoms with Crippen LogP contribution in [0.15, 0.2) is 0 Å². The SMILES string of the molecule is CCN1CCC(C2CCC(O[C@H]3CCN(C)C3)NC2C)C(N)C1. The molecule has 23 heavy (non-hydrogen) atoms. The molecule has 0 aliphatic carbocycles. The number of hydrogen-bond donors (Lipinski definition) is 2. The molecule has 5 heteroatoms. The van der Waals surface area contributed by atoms with Crippen LogP contribution in [0.4, 0.5) is 0 Å². The first kappa shape index (κ1) is 17.6. The lowest BCUT2D eigenvalue weighted by Crippen LogP contribution is -2.57. The first-order valence-corrected chi connectivity index (χ1v) is 9.64. The Morgan fingerprint density at radius 1 is 1.09 bits per heavy atom. The molecule has 6 atom stereocenters. The van der Waals surface area contributed by atoms with Crippen molar-refractivity contribution in [1.29, 1.82) is 0 Å². The Morgan fingerprint density at radius 3 is 2.52 bits per heavy atom. The van der Waals surface area contributed by atoms with Crippen LogP contribution in [0.25, 0.3) is 0 Å². The molecule has 3 aliphatic heterocycles. The number of rotatable bonds is 4. The summed E-state index contributed by atoms with van der Waals surface area (Å²) in [6.45, 7) is 10.2. The van der Waals surface area contributed by atoms with Crippen molar-refractivity contribution >= 4 is 0 Å². The Balaban J connectivity index is 1.48. The number of nitrogens with zero attached hydrogens (tertiary/aromatic N) is 2. The zero-order valence-corrected chi connectivity index (χ0v) is 15.2. The number of likely N-dealkylation sites (tertiary alicyclic amines) is 2. The molecule has 0 aromatic rings. The quantitative estimate of drug-likeness (QED) is 0.811. The number of piperidine rings is 2. The fourth-order valence-electron chi connectivity index (χ4n) is 4.91. The Hall–Kier alpha value is -0.200. The van der Waals surface area contributed by atoms with Crippen LogP contribution >= 0.6 is 0 Å². The van der Waals surface area contributed by atoms with E-state index in [4.69, 9.17) is 10.5 Å². The highest BCUT2D eigenvalue weighted by Crippen LogP contribution is 2.34. The van der Waals surface area contributed by atoms with Gasteiger partial charge in [0.15, 0.2) is 0 Å². The Labute approximate surface area is 141 Å². The van der Waals surface area contributed by atoms with Gasteiger partial charge in [-0.05, 0) is 64.6 Å². The molecule has 5 unspecified atom stereocenters. The van der Waals surface area contributed by atoms with Crippen molar-refractivity contribution in [3.63, 3.8) is 0 Å². The van der Waals surface area contributed by atoms with Gasteiger partial charge in [0.2, 0.25) is 0 Å². The van der Waals surface area contributed by atoms with Crippen LogP contribution < -0.4 is 11.1 Å². The monoisotopic (exact) mass is 324 g/mol. The summed E-state index contributed by atoms with van der Waals surface area (Å²) < 4.78 is 6.30. The summed E-state index contributed by atoms with van der Waals surface area (Å²) in [5.74, 6) is 1.37. The van der Waals surface area contributed by atoms with Gasteiger partial charge in [0.05, 0.1) is 6.10 Å². The number of nitrogens with two attached hydrogens (primary N) is 1. The van der Waals surface area contributed by atoms with Crippen molar-refractivity contribution in [3.05, 3.63) is 0 Å². The van der Waals surface area contributed by atoms with Gasteiger partial charge in [0, 0.05) is 31.7 Å². The van der Waals surface area contributed by atoms with Crippen molar-refractivity contribution < 1.29 is 4.74 Å². The van der Waals surface area contributed by atoms with E-state index in [-0.39, 0.29) is 6.23 Å². The van der Waals surface area contributed by atoms with Crippen molar-refractivity contribution in [1.82, 2.24) is 15.1 Å². The van der Waals surface area contributed by atoms with Gasteiger partial charge in [-0.1, -0.05) is 6.92 Å². The van der Waals surface area contributed by atoms with Crippen molar-refractivity contribution in [2.75, 3.05) is 39.8 Å². The normalized spacial score (nSPS) is 43.8. The van der Waals surface area contributed by atoms with Gasteiger partial charge < -0.3 is 20.3 Å². The molecule has 0 saturated carbocycles. The summed E-state index contributed by atoms with van der Waals surface area (Å²) in [6.07, 6.45) is 5.47. The highest BCUT2D eigenvalue weighted by molar-refractivity contribution is 4.93. The first-order valence-electron chi connectivity index (χ1n) is 9.64. The summed E-state index contributed by atoms with van der Waals surface area (Å²) in [4.78, 5) is 4.85. The molecule has 0 spiro atoms. The van der Waals surface area contributed by atoms with Gasteiger partial charge in [0.25, 0.3) is 0 Å². The largest absolute Gasteiger partial charge is 0.359 e. The minimum Gasteiger partial charge on any atom is -0.359 e. The van der Waals surface area contributed by atoms with Crippen LogP contribution in [0.2, 0.25) is 0 Å². The predicted octanol–water partition coefficient (Wildman–Crippen LogP) is 1.09. The van der Waals surface area contributed by atoms with Crippen LogP contribution in [0.3, 0.4) is 0 Å². The van der Waals surface area contributed by atoms with Gasteiger partial charge in [-0.25, -0.2) is 0 Å². The minimum atomic E-state index is 0.240. The Bertz CT molecular complexity index is 380. The van der Waals surface area contributed by atoms with E-state index < -0.39 is 0 Å². The molecule has 3 N–H and O–H groups in total. The first-order chi connectivity index (χ1) is 11.1. The van der Waals surface area contributed by atoms with Crippen LogP contribution in [0.5, 0.6) is 0 Å². The lowest BCUT2D eigenvalue weighted by molar-refractivity contribution is -0.0626. The van der Waals surface area contributed by atoms with E-state index in [0.29, 0.717) is 30.0 Å². The standard InChI is InChI=1S/C18H36N4O/c1-4-22-10-8-16(17(19)12-22)15-5-6-18(20-13(15)2)23-14-7-9-21(3)11-14/h13-18,20H,4-12,19H2,1-3H3/t13?,14-,15?,16?,17?,18?/m0/s1. The fourth-order valence-corrected chi connectivity index (χ4v) is 4.91. The Kier molecular flexibility index (Phi) is 5.97. The van der Waals surface area contributed by atoms with E-state index in [1.165, 1.54) is 32.4 Å². The second-order valence-corrected chi connectivity index (χ2v) is 8.00. The number of nitrogens with one attached hydrogen (secondary N) is 1. The maximum Gasteiger partial charge on any atom is 0.108 e. The van der Waals surface area contributed by atoms with E-state index in [2.05, 4.69) is 36.0 Å². The van der Waals surface area contributed by atoms with Gasteiger partial charge >= 0.3 is 0 Å². The summed E-state index contributed by atoms with van der Waals surface area (Å²) in [6, 6.07) is 0.844. The number of ether oxygens (including phenoxy) is 1. The molecule has 3 rings (SSSR count). The molecule has 3 heterocycles. The predicted molar refractivity (Wildman–Crippen MR) is 94.3 cm³/mol. The van der Waals surface area contributed by atoms with E-state index in [0.717, 1.165) is 26.1 Å². The second-order valence-electron chi connectivity index (χ2n) is 8.00. The lowest BCUT2D eigenvalue weighted by atomic mass is 9.74. The van der Waals surface area contributed by atoms with Gasteiger partial charge in [0.1, 0.15) is 6.23 Å². The molecule has 3 saturated heterocycles. The third kappa shape index (κ3) is 4.26. The average molecular weight is 325 g/mol. The molecule has 3 aliphatic rings. The highest BCUT2D eigenvalue weighted by Gasteiger charge is 2.38. The average Bonchev–Trinajstić information content (AvgIpc) is 2.93. The van der Waals surface area contributed by atoms with Gasteiger partial charge in [-0.3, -0.25) is 5.32 Å². The molecular formula is C18H36N4O. The van der Waals surface area contributed by atoms with E-state index in [9.17, 15) is 0 Å². The van der Waals surface area contributed by atoms with Crippen molar-refractivity contribution in [3.8, 4) is 0 Å². The minimum absolute atomic E-state index is 0.240.